The van der Waals surface area contributed by atoms with Gasteiger partial charge in [0.1, 0.15) is 5.75 Å². The highest BCUT2D eigenvalue weighted by Crippen LogP contribution is 2.27. The first-order valence-electron chi connectivity index (χ1n) is 5.95. The molecule has 0 aliphatic carbocycles. The molecule has 2 N–H and O–H groups in total. The van der Waals surface area contributed by atoms with E-state index >= 15 is 0 Å². The molecule has 2 aromatic rings. The highest BCUT2D eigenvalue weighted by Gasteiger charge is 2.11. The van der Waals surface area contributed by atoms with Crippen LogP contribution in [-0.4, -0.2) is 21.8 Å². The van der Waals surface area contributed by atoms with Crippen molar-refractivity contribution >= 4 is 0 Å². The number of nitrogens with one attached hydrogen (secondary N) is 1. The first-order chi connectivity index (χ1) is 8.61. The fourth-order valence-electron chi connectivity index (χ4n) is 1.76. The molecule has 0 atom stereocenters. The second-order valence-electron chi connectivity index (χ2n) is 4.25. The van der Waals surface area contributed by atoms with E-state index in [2.05, 4.69) is 15.5 Å². The minimum Gasteiger partial charge on any atom is -0.507 e. The molecule has 5 nitrogen and oxygen atoms in total. The Kier molecular flexibility index (Phi) is 3.62. The standard InChI is InChI=1S/C13H17N3O2/c1-4-14-7-11-15-13(16-18-11)10-5-8(2)12(17)9(3)6-10/h5-6,14,17H,4,7H2,1-3H3. The van der Waals surface area contributed by atoms with E-state index in [0.717, 1.165) is 23.2 Å². The summed E-state index contributed by atoms with van der Waals surface area (Å²) in [6.45, 7) is 7.15. The van der Waals surface area contributed by atoms with Gasteiger partial charge in [-0.1, -0.05) is 12.1 Å². The Balaban J connectivity index is 2.28. The first-order valence-corrected chi connectivity index (χ1v) is 5.95. The number of rotatable bonds is 4. The number of aryl methyl sites for hydroxylation is 2. The Labute approximate surface area is 106 Å². The smallest absolute Gasteiger partial charge is 0.240 e. The van der Waals surface area contributed by atoms with Crippen LogP contribution in [0.4, 0.5) is 0 Å². The third-order valence-electron chi connectivity index (χ3n) is 2.74. The van der Waals surface area contributed by atoms with Gasteiger partial charge in [-0.2, -0.15) is 4.98 Å². The lowest BCUT2D eigenvalue weighted by molar-refractivity contribution is 0.369. The number of phenols is 1. The van der Waals surface area contributed by atoms with Crippen molar-refractivity contribution < 1.29 is 9.63 Å². The van der Waals surface area contributed by atoms with E-state index in [4.69, 9.17) is 4.52 Å². The molecule has 0 aliphatic heterocycles. The largest absolute Gasteiger partial charge is 0.507 e. The lowest BCUT2D eigenvalue weighted by atomic mass is 10.1. The monoisotopic (exact) mass is 247 g/mol. The number of aromatic nitrogens is 2. The van der Waals surface area contributed by atoms with Crippen LogP contribution >= 0.6 is 0 Å². The van der Waals surface area contributed by atoms with E-state index in [9.17, 15) is 5.11 Å². The Morgan fingerprint density at radius 3 is 2.56 bits per heavy atom. The van der Waals surface area contributed by atoms with Gasteiger partial charge in [-0.05, 0) is 43.7 Å². The molecule has 5 heteroatoms. The molecule has 0 bridgehead atoms. The fourth-order valence-corrected chi connectivity index (χ4v) is 1.76. The summed E-state index contributed by atoms with van der Waals surface area (Å²) >= 11 is 0. The summed E-state index contributed by atoms with van der Waals surface area (Å²) in [5.74, 6) is 1.43. The molecule has 18 heavy (non-hydrogen) atoms. The zero-order valence-electron chi connectivity index (χ0n) is 10.8. The van der Waals surface area contributed by atoms with Crippen LogP contribution in [0.5, 0.6) is 5.75 Å². The SMILES string of the molecule is CCNCc1nc(-c2cc(C)c(O)c(C)c2)no1. The van der Waals surface area contributed by atoms with Gasteiger partial charge in [-0.25, -0.2) is 0 Å². The molecule has 0 unspecified atom stereocenters. The van der Waals surface area contributed by atoms with Gasteiger partial charge in [0.15, 0.2) is 0 Å². The molecular formula is C13H17N3O2. The van der Waals surface area contributed by atoms with Crippen LogP contribution in [0.1, 0.15) is 23.9 Å². The normalized spacial score (nSPS) is 10.8. The maximum absolute atomic E-state index is 9.72. The van der Waals surface area contributed by atoms with Crippen molar-refractivity contribution in [3.63, 3.8) is 0 Å². The number of benzene rings is 1. The van der Waals surface area contributed by atoms with Crippen molar-refractivity contribution in [1.82, 2.24) is 15.5 Å². The zero-order valence-corrected chi connectivity index (χ0v) is 10.8. The average Bonchev–Trinajstić information content (AvgIpc) is 2.81. The van der Waals surface area contributed by atoms with E-state index in [0.29, 0.717) is 24.0 Å². The molecule has 0 saturated carbocycles. The van der Waals surface area contributed by atoms with Crippen molar-refractivity contribution in [2.24, 2.45) is 0 Å². The highest BCUT2D eigenvalue weighted by molar-refractivity contribution is 5.60. The van der Waals surface area contributed by atoms with Crippen LogP contribution in [0.15, 0.2) is 16.7 Å². The second-order valence-corrected chi connectivity index (χ2v) is 4.25. The van der Waals surface area contributed by atoms with E-state index in [1.54, 1.807) is 0 Å². The van der Waals surface area contributed by atoms with Crippen LogP contribution in [-0.2, 0) is 6.54 Å². The van der Waals surface area contributed by atoms with Crippen LogP contribution in [0, 0.1) is 13.8 Å². The lowest BCUT2D eigenvalue weighted by Gasteiger charge is -2.04. The minimum atomic E-state index is 0.315. The predicted molar refractivity (Wildman–Crippen MR) is 68.3 cm³/mol. The number of phenolic OH excluding ortho intramolecular Hbond substituents is 1. The molecule has 0 saturated heterocycles. The molecule has 2 rings (SSSR count). The van der Waals surface area contributed by atoms with Gasteiger partial charge in [-0.3, -0.25) is 0 Å². The quantitative estimate of drug-likeness (QED) is 0.866. The molecular weight excluding hydrogens is 230 g/mol. The summed E-state index contributed by atoms with van der Waals surface area (Å²) in [6.07, 6.45) is 0. The van der Waals surface area contributed by atoms with Crippen molar-refractivity contribution in [3.8, 4) is 17.1 Å². The number of nitrogens with zero attached hydrogens (tertiary/aromatic N) is 2. The molecule has 0 fully saturated rings. The Bertz CT molecular complexity index is 526. The van der Waals surface area contributed by atoms with E-state index in [1.807, 2.05) is 32.9 Å². The van der Waals surface area contributed by atoms with Gasteiger partial charge < -0.3 is 14.9 Å². The molecule has 96 valence electrons. The molecule has 0 radical (unpaired) electrons. The number of hydrogen-bond donors (Lipinski definition) is 2. The molecule has 0 spiro atoms. The van der Waals surface area contributed by atoms with E-state index < -0.39 is 0 Å². The zero-order chi connectivity index (χ0) is 13.1. The number of hydrogen-bond acceptors (Lipinski definition) is 5. The summed E-state index contributed by atoms with van der Waals surface area (Å²) in [7, 11) is 0. The van der Waals surface area contributed by atoms with Crippen molar-refractivity contribution in [3.05, 3.63) is 29.2 Å². The van der Waals surface area contributed by atoms with Crippen LogP contribution in [0.2, 0.25) is 0 Å². The van der Waals surface area contributed by atoms with Gasteiger partial charge in [-0.15, -0.1) is 0 Å². The summed E-state index contributed by atoms with van der Waals surface area (Å²) in [4.78, 5) is 4.31. The van der Waals surface area contributed by atoms with Crippen LogP contribution in [0.3, 0.4) is 0 Å². The van der Waals surface area contributed by atoms with Gasteiger partial charge in [0, 0.05) is 5.56 Å². The summed E-state index contributed by atoms with van der Waals surface area (Å²) in [6, 6.07) is 3.70. The Hall–Kier alpha value is -1.88. The second kappa shape index (κ2) is 5.18. The van der Waals surface area contributed by atoms with Crippen molar-refractivity contribution in [2.75, 3.05) is 6.54 Å². The average molecular weight is 247 g/mol. The molecule has 1 aromatic carbocycles. The van der Waals surface area contributed by atoms with Gasteiger partial charge >= 0.3 is 0 Å². The summed E-state index contributed by atoms with van der Waals surface area (Å²) in [5.41, 5.74) is 2.47. The van der Waals surface area contributed by atoms with Crippen LogP contribution < -0.4 is 5.32 Å². The molecule has 0 amide bonds. The lowest BCUT2D eigenvalue weighted by Crippen LogP contribution is -2.11. The van der Waals surface area contributed by atoms with E-state index in [1.165, 1.54) is 0 Å². The Morgan fingerprint density at radius 1 is 1.28 bits per heavy atom. The maximum atomic E-state index is 9.72. The highest BCUT2D eigenvalue weighted by atomic mass is 16.5. The third-order valence-corrected chi connectivity index (χ3v) is 2.74. The van der Waals surface area contributed by atoms with Gasteiger partial charge in [0.05, 0.1) is 6.54 Å². The predicted octanol–water partition coefficient (Wildman–Crippen LogP) is 2.17. The van der Waals surface area contributed by atoms with Gasteiger partial charge in [0.25, 0.3) is 0 Å². The topological polar surface area (TPSA) is 71.2 Å². The Morgan fingerprint density at radius 2 is 1.94 bits per heavy atom. The molecule has 1 aromatic heterocycles. The minimum absolute atomic E-state index is 0.315. The first kappa shape index (κ1) is 12.6. The number of aromatic hydroxyl groups is 1. The van der Waals surface area contributed by atoms with E-state index in [-0.39, 0.29) is 0 Å². The fraction of sp³-hybridized carbons (Fsp3) is 0.385. The van der Waals surface area contributed by atoms with Crippen molar-refractivity contribution in [1.29, 1.82) is 0 Å². The van der Waals surface area contributed by atoms with Crippen molar-refractivity contribution in [2.45, 2.75) is 27.3 Å². The third kappa shape index (κ3) is 2.51. The molecule has 0 aliphatic rings. The molecule has 1 heterocycles. The maximum Gasteiger partial charge on any atom is 0.240 e. The van der Waals surface area contributed by atoms with Crippen LogP contribution in [0.25, 0.3) is 11.4 Å². The van der Waals surface area contributed by atoms with Gasteiger partial charge in [0.2, 0.25) is 11.7 Å². The summed E-state index contributed by atoms with van der Waals surface area (Å²) in [5, 5.41) is 16.8. The summed E-state index contributed by atoms with van der Waals surface area (Å²) < 4.78 is 5.14.